The Morgan fingerprint density at radius 1 is 1.62 bits per heavy atom. The first-order valence-corrected chi connectivity index (χ1v) is 5.72. The Morgan fingerprint density at radius 3 is 2.88 bits per heavy atom. The lowest BCUT2D eigenvalue weighted by Crippen LogP contribution is -2.04. The lowest BCUT2D eigenvalue weighted by Gasteiger charge is -2.07. The molecule has 0 saturated carbocycles. The second-order valence-corrected chi connectivity index (χ2v) is 4.68. The van der Waals surface area contributed by atoms with Crippen LogP contribution in [0.1, 0.15) is 20.3 Å². The summed E-state index contributed by atoms with van der Waals surface area (Å²) in [5, 5.41) is 10.7. The molecule has 0 aromatic carbocycles. The highest BCUT2D eigenvalue weighted by molar-refractivity contribution is 9.10. The minimum Gasteiger partial charge on any atom is -0.473 e. The summed E-state index contributed by atoms with van der Waals surface area (Å²) >= 11 is 3.13. The van der Waals surface area contributed by atoms with Crippen LogP contribution in [0.5, 0.6) is 5.88 Å². The number of hydrogen-bond donors (Lipinski definition) is 0. The van der Waals surface area contributed by atoms with Crippen LogP contribution in [-0.4, -0.2) is 16.5 Å². The van der Waals surface area contributed by atoms with Crippen molar-refractivity contribution in [3.05, 3.63) is 26.9 Å². The molecular formula is C10H13BrN2O3. The normalized spacial score (nSPS) is 10.5. The molecular weight excluding hydrogens is 276 g/mol. The molecule has 0 aliphatic rings. The molecule has 0 spiro atoms. The molecule has 1 aromatic heterocycles. The van der Waals surface area contributed by atoms with Crippen molar-refractivity contribution in [1.82, 2.24) is 4.98 Å². The van der Waals surface area contributed by atoms with Gasteiger partial charge in [-0.2, -0.15) is 0 Å². The first kappa shape index (κ1) is 12.9. The van der Waals surface area contributed by atoms with Gasteiger partial charge in [0.2, 0.25) is 0 Å². The van der Waals surface area contributed by atoms with Gasteiger partial charge >= 0.3 is 5.69 Å². The summed E-state index contributed by atoms with van der Waals surface area (Å²) < 4.78 is 5.86. The lowest BCUT2D eigenvalue weighted by molar-refractivity contribution is -0.386. The second kappa shape index (κ2) is 5.79. The van der Waals surface area contributed by atoms with Crippen molar-refractivity contribution in [3.8, 4) is 5.88 Å². The Balaban J connectivity index is 2.75. The summed E-state index contributed by atoms with van der Waals surface area (Å²) in [5.41, 5.74) is -0.113. The smallest absolute Gasteiger partial charge is 0.332 e. The summed E-state index contributed by atoms with van der Waals surface area (Å²) in [4.78, 5) is 14.1. The molecule has 0 aliphatic carbocycles. The Labute approximate surface area is 102 Å². The number of ether oxygens (including phenoxy) is 1. The van der Waals surface area contributed by atoms with E-state index in [9.17, 15) is 10.1 Å². The molecule has 1 rings (SSSR count). The van der Waals surface area contributed by atoms with Crippen LogP contribution >= 0.6 is 15.9 Å². The largest absolute Gasteiger partial charge is 0.473 e. The summed E-state index contributed by atoms with van der Waals surface area (Å²) in [6, 6.07) is 1.39. The second-order valence-electron chi connectivity index (χ2n) is 3.77. The Kier molecular flexibility index (Phi) is 4.67. The number of nitrogens with zero attached hydrogens (tertiary/aromatic N) is 2. The highest BCUT2D eigenvalue weighted by Crippen LogP contribution is 2.27. The first-order chi connectivity index (χ1) is 7.50. The van der Waals surface area contributed by atoms with E-state index in [-0.39, 0.29) is 11.6 Å². The van der Waals surface area contributed by atoms with Crippen LogP contribution in [0.25, 0.3) is 0 Å². The Bertz CT molecular complexity index is 382. The van der Waals surface area contributed by atoms with Gasteiger partial charge in [-0.05, 0) is 28.3 Å². The minimum absolute atomic E-state index is 0.0776. The van der Waals surface area contributed by atoms with Crippen molar-refractivity contribution >= 4 is 21.6 Å². The number of hydrogen-bond acceptors (Lipinski definition) is 4. The van der Waals surface area contributed by atoms with Gasteiger partial charge in [0, 0.05) is 16.7 Å². The third kappa shape index (κ3) is 3.77. The topological polar surface area (TPSA) is 65.3 Å². The number of rotatable bonds is 5. The maximum Gasteiger partial charge on any atom is 0.332 e. The average molecular weight is 289 g/mol. The van der Waals surface area contributed by atoms with Gasteiger partial charge in [-0.1, -0.05) is 13.8 Å². The molecule has 0 bridgehead atoms. The molecule has 16 heavy (non-hydrogen) atoms. The van der Waals surface area contributed by atoms with Crippen molar-refractivity contribution < 1.29 is 9.66 Å². The summed E-state index contributed by atoms with van der Waals surface area (Å²) in [6.07, 6.45) is 2.33. The van der Waals surface area contributed by atoms with Gasteiger partial charge in [-0.15, -0.1) is 0 Å². The van der Waals surface area contributed by atoms with E-state index in [4.69, 9.17) is 4.74 Å². The standard InChI is InChI=1S/C10H13BrN2O3/c1-7(2)3-4-16-10-9(13(14)15)5-8(11)6-12-10/h5-7H,3-4H2,1-2H3. The van der Waals surface area contributed by atoms with Crippen LogP contribution in [0.3, 0.4) is 0 Å². The van der Waals surface area contributed by atoms with Crippen molar-refractivity contribution in [2.45, 2.75) is 20.3 Å². The van der Waals surface area contributed by atoms with Gasteiger partial charge in [0.25, 0.3) is 5.88 Å². The number of pyridine rings is 1. The number of aromatic nitrogens is 1. The summed E-state index contributed by atoms with van der Waals surface area (Å²) in [5.74, 6) is 0.573. The molecule has 0 radical (unpaired) electrons. The van der Waals surface area contributed by atoms with Crippen LogP contribution in [0.2, 0.25) is 0 Å². The quantitative estimate of drug-likeness (QED) is 0.617. The molecule has 0 N–H and O–H groups in total. The van der Waals surface area contributed by atoms with E-state index in [0.29, 0.717) is 17.0 Å². The van der Waals surface area contributed by atoms with E-state index >= 15 is 0 Å². The average Bonchev–Trinajstić information content (AvgIpc) is 2.19. The third-order valence-corrected chi connectivity index (χ3v) is 2.36. The van der Waals surface area contributed by atoms with E-state index in [1.54, 1.807) is 0 Å². The maximum atomic E-state index is 10.7. The van der Waals surface area contributed by atoms with Gasteiger partial charge in [0.05, 0.1) is 11.5 Å². The molecule has 1 aromatic rings. The number of nitro groups is 1. The molecule has 6 heteroatoms. The van der Waals surface area contributed by atoms with Gasteiger partial charge in [-0.25, -0.2) is 4.98 Å². The van der Waals surface area contributed by atoms with E-state index in [2.05, 4.69) is 34.8 Å². The van der Waals surface area contributed by atoms with Crippen LogP contribution in [0.4, 0.5) is 5.69 Å². The fourth-order valence-electron chi connectivity index (χ4n) is 1.05. The van der Waals surface area contributed by atoms with Gasteiger partial charge in [0.1, 0.15) is 0 Å². The summed E-state index contributed by atoms with van der Waals surface area (Å²) in [7, 11) is 0. The molecule has 0 aliphatic heterocycles. The molecule has 0 amide bonds. The molecule has 5 nitrogen and oxygen atoms in total. The lowest BCUT2D eigenvalue weighted by atomic mass is 10.1. The van der Waals surface area contributed by atoms with Crippen LogP contribution in [0.15, 0.2) is 16.7 Å². The van der Waals surface area contributed by atoms with Gasteiger partial charge in [-0.3, -0.25) is 10.1 Å². The fraction of sp³-hybridized carbons (Fsp3) is 0.500. The molecule has 0 atom stereocenters. The van der Waals surface area contributed by atoms with E-state index < -0.39 is 4.92 Å². The number of halogens is 1. The van der Waals surface area contributed by atoms with E-state index in [0.717, 1.165) is 6.42 Å². The van der Waals surface area contributed by atoms with Gasteiger partial charge < -0.3 is 4.74 Å². The molecule has 0 saturated heterocycles. The minimum atomic E-state index is -0.498. The van der Waals surface area contributed by atoms with Crippen LogP contribution in [-0.2, 0) is 0 Å². The van der Waals surface area contributed by atoms with Crippen LogP contribution in [0, 0.1) is 16.0 Å². The van der Waals surface area contributed by atoms with Crippen molar-refractivity contribution in [2.75, 3.05) is 6.61 Å². The van der Waals surface area contributed by atoms with Crippen molar-refractivity contribution in [1.29, 1.82) is 0 Å². The van der Waals surface area contributed by atoms with E-state index in [1.807, 2.05) is 0 Å². The highest BCUT2D eigenvalue weighted by atomic mass is 79.9. The maximum absolute atomic E-state index is 10.7. The first-order valence-electron chi connectivity index (χ1n) is 4.93. The van der Waals surface area contributed by atoms with Crippen LogP contribution < -0.4 is 4.74 Å². The van der Waals surface area contributed by atoms with Crippen molar-refractivity contribution in [3.63, 3.8) is 0 Å². The molecule has 88 valence electrons. The fourth-order valence-corrected chi connectivity index (χ4v) is 1.37. The molecule has 1 heterocycles. The predicted octanol–water partition coefficient (Wildman–Crippen LogP) is 3.18. The summed E-state index contributed by atoms with van der Waals surface area (Å²) in [6.45, 7) is 4.56. The highest BCUT2D eigenvalue weighted by Gasteiger charge is 2.17. The zero-order valence-corrected chi connectivity index (χ0v) is 10.7. The Hall–Kier alpha value is -1.17. The monoisotopic (exact) mass is 288 g/mol. The molecule has 0 unspecified atom stereocenters. The zero-order valence-electron chi connectivity index (χ0n) is 9.14. The third-order valence-electron chi connectivity index (χ3n) is 1.93. The van der Waals surface area contributed by atoms with Gasteiger partial charge in [0.15, 0.2) is 0 Å². The predicted molar refractivity (Wildman–Crippen MR) is 63.5 cm³/mol. The zero-order chi connectivity index (χ0) is 12.1. The Morgan fingerprint density at radius 2 is 2.31 bits per heavy atom. The van der Waals surface area contributed by atoms with E-state index in [1.165, 1.54) is 12.3 Å². The molecule has 0 fully saturated rings. The van der Waals surface area contributed by atoms with Crippen molar-refractivity contribution in [2.24, 2.45) is 5.92 Å². The SMILES string of the molecule is CC(C)CCOc1ncc(Br)cc1[N+](=O)[O-].